The number of carbonyl (C=O) groups is 1. The maximum atomic E-state index is 11.0. The molecule has 1 heterocycles. The Kier molecular flexibility index (Phi) is 3.85. The van der Waals surface area contributed by atoms with Gasteiger partial charge in [0.2, 0.25) is 0 Å². The quantitative estimate of drug-likeness (QED) is 0.629. The SMILES string of the molecule is O=C(O)c1cccc(NCc2ccncn2)c1[N+](=O)[O-]. The predicted molar refractivity (Wildman–Crippen MR) is 69.4 cm³/mol. The molecule has 2 N–H and O–H groups in total. The van der Waals surface area contributed by atoms with Gasteiger partial charge in [-0.3, -0.25) is 10.1 Å². The summed E-state index contributed by atoms with van der Waals surface area (Å²) >= 11 is 0. The van der Waals surface area contributed by atoms with Crippen LogP contribution in [0, 0.1) is 10.1 Å². The van der Waals surface area contributed by atoms with Gasteiger partial charge in [-0.25, -0.2) is 14.8 Å². The van der Waals surface area contributed by atoms with Gasteiger partial charge in [-0.1, -0.05) is 6.07 Å². The zero-order chi connectivity index (χ0) is 14.5. The van der Waals surface area contributed by atoms with Crippen molar-refractivity contribution in [2.45, 2.75) is 6.54 Å². The van der Waals surface area contributed by atoms with Gasteiger partial charge in [0.25, 0.3) is 0 Å². The van der Waals surface area contributed by atoms with E-state index in [0.717, 1.165) is 0 Å². The van der Waals surface area contributed by atoms with Gasteiger partial charge in [0.1, 0.15) is 17.6 Å². The number of nitrogens with one attached hydrogen (secondary N) is 1. The van der Waals surface area contributed by atoms with E-state index in [9.17, 15) is 14.9 Å². The van der Waals surface area contributed by atoms with Gasteiger partial charge in [-0.05, 0) is 18.2 Å². The van der Waals surface area contributed by atoms with E-state index < -0.39 is 16.6 Å². The molecule has 0 amide bonds. The maximum absolute atomic E-state index is 11.0. The van der Waals surface area contributed by atoms with Crippen molar-refractivity contribution in [2.24, 2.45) is 0 Å². The number of aromatic nitrogens is 2. The number of rotatable bonds is 5. The molecule has 0 bridgehead atoms. The molecule has 20 heavy (non-hydrogen) atoms. The molecular formula is C12H10N4O4. The molecule has 2 aromatic rings. The van der Waals surface area contributed by atoms with E-state index in [2.05, 4.69) is 15.3 Å². The molecule has 0 spiro atoms. The molecule has 0 radical (unpaired) electrons. The van der Waals surface area contributed by atoms with Crippen LogP contribution in [0.2, 0.25) is 0 Å². The summed E-state index contributed by atoms with van der Waals surface area (Å²) in [4.78, 5) is 29.0. The van der Waals surface area contributed by atoms with Gasteiger partial charge in [-0.15, -0.1) is 0 Å². The van der Waals surface area contributed by atoms with Crippen LogP contribution in [0.1, 0.15) is 16.1 Å². The Morgan fingerprint density at radius 2 is 2.20 bits per heavy atom. The molecular weight excluding hydrogens is 264 g/mol. The van der Waals surface area contributed by atoms with Crippen LogP contribution in [0.4, 0.5) is 11.4 Å². The van der Waals surface area contributed by atoms with Crippen LogP contribution in [0.25, 0.3) is 0 Å². The summed E-state index contributed by atoms with van der Waals surface area (Å²) in [5, 5.41) is 22.8. The molecule has 0 aliphatic heterocycles. The van der Waals surface area contributed by atoms with E-state index in [-0.39, 0.29) is 17.8 Å². The van der Waals surface area contributed by atoms with Crippen LogP contribution in [-0.2, 0) is 6.54 Å². The molecule has 8 heteroatoms. The Morgan fingerprint density at radius 3 is 2.80 bits per heavy atom. The molecule has 0 fully saturated rings. The lowest BCUT2D eigenvalue weighted by Crippen LogP contribution is -2.08. The first-order valence-corrected chi connectivity index (χ1v) is 5.59. The van der Waals surface area contributed by atoms with Crippen molar-refractivity contribution in [3.05, 3.63) is 58.2 Å². The Bertz CT molecular complexity index is 645. The normalized spacial score (nSPS) is 10.0. The summed E-state index contributed by atoms with van der Waals surface area (Å²) in [5.41, 5.74) is -0.0553. The van der Waals surface area contributed by atoms with Crippen LogP contribution >= 0.6 is 0 Å². The zero-order valence-electron chi connectivity index (χ0n) is 10.2. The number of carboxylic acids is 1. The van der Waals surface area contributed by atoms with E-state index in [4.69, 9.17) is 5.11 Å². The van der Waals surface area contributed by atoms with Crippen molar-refractivity contribution >= 4 is 17.3 Å². The number of nitrogens with zero attached hydrogens (tertiary/aromatic N) is 3. The van der Waals surface area contributed by atoms with Crippen molar-refractivity contribution in [3.8, 4) is 0 Å². The summed E-state index contributed by atoms with van der Waals surface area (Å²) in [6, 6.07) is 5.74. The summed E-state index contributed by atoms with van der Waals surface area (Å²) in [5.74, 6) is -1.35. The lowest BCUT2D eigenvalue weighted by atomic mass is 10.1. The number of aromatic carboxylic acids is 1. The van der Waals surface area contributed by atoms with Crippen molar-refractivity contribution in [2.75, 3.05) is 5.32 Å². The molecule has 0 atom stereocenters. The highest BCUT2D eigenvalue weighted by molar-refractivity contribution is 5.95. The fourth-order valence-electron chi connectivity index (χ4n) is 1.66. The second-order valence-electron chi connectivity index (χ2n) is 3.82. The van der Waals surface area contributed by atoms with Crippen LogP contribution in [-0.4, -0.2) is 26.0 Å². The number of carboxylic acid groups (broad SMARTS) is 1. The van der Waals surface area contributed by atoms with Crippen LogP contribution in [0.5, 0.6) is 0 Å². The number of para-hydroxylation sites is 1. The summed E-state index contributed by atoms with van der Waals surface area (Å²) in [6.07, 6.45) is 2.91. The van der Waals surface area contributed by atoms with Gasteiger partial charge in [0.15, 0.2) is 0 Å². The summed E-state index contributed by atoms with van der Waals surface area (Å²) in [6.45, 7) is 0.229. The number of nitro benzene ring substituents is 1. The molecule has 0 aliphatic rings. The van der Waals surface area contributed by atoms with E-state index in [1.54, 1.807) is 12.3 Å². The second kappa shape index (κ2) is 5.74. The van der Waals surface area contributed by atoms with E-state index in [1.807, 2.05) is 0 Å². The van der Waals surface area contributed by atoms with Gasteiger partial charge in [-0.2, -0.15) is 0 Å². The number of hydrogen-bond acceptors (Lipinski definition) is 6. The molecule has 0 aliphatic carbocycles. The first-order chi connectivity index (χ1) is 9.59. The monoisotopic (exact) mass is 274 g/mol. The predicted octanol–water partition coefficient (Wildman–Crippen LogP) is 1.70. The van der Waals surface area contributed by atoms with E-state index >= 15 is 0 Å². The highest BCUT2D eigenvalue weighted by atomic mass is 16.6. The van der Waals surface area contributed by atoms with Crippen LogP contribution in [0.3, 0.4) is 0 Å². The Balaban J connectivity index is 2.30. The smallest absolute Gasteiger partial charge is 0.342 e. The first kappa shape index (κ1) is 13.4. The third-order valence-corrected chi connectivity index (χ3v) is 2.55. The van der Waals surface area contributed by atoms with Crippen LogP contribution < -0.4 is 5.32 Å². The maximum Gasteiger partial charge on any atom is 0.342 e. The Morgan fingerprint density at radius 1 is 1.40 bits per heavy atom. The number of anilines is 1. The molecule has 102 valence electrons. The first-order valence-electron chi connectivity index (χ1n) is 5.59. The molecule has 0 saturated heterocycles. The average molecular weight is 274 g/mol. The van der Waals surface area contributed by atoms with Gasteiger partial charge in [0.05, 0.1) is 17.2 Å². The fourth-order valence-corrected chi connectivity index (χ4v) is 1.66. The fraction of sp³-hybridized carbons (Fsp3) is 0.0833. The van der Waals surface area contributed by atoms with E-state index in [1.165, 1.54) is 24.5 Å². The standard InChI is InChI=1S/C12H10N4O4/c17-12(18)9-2-1-3-10(11(9)16(19)20)14-6-8-4-5-13-7-15-8/h1-5,7,14H,6H2,(H,17,18). The van der Waals surface area contributed by atoms with Crippen molar-refractivity contribution in [1.82, 2.24) is 9.97 Å². The van der Waals surface area contributed by atoms with Crippen molar-refractivity contribution in [1.29, 1.82) is 0 Å². The molecule has 0 unspecified atom stereocenters. The number of hydrogen-bond donors (Lipinski definition) is 2. The highest BCUT2D eigenvalue weighted by Crippen LogP contribution is 2.28. The molecule has 2 rings (SSSR count). The number of benzene rings is 1. The summed E-state index contributed by atoms with van der Waals surface area (Å²) < 4.78 is 0. The zero-order valence-corrected chi connectivity index (χ0v) is 10.2. The molecule has 1 aromatic heterocycles. The largest absolute Gasteiger partial charge is 0.477 e. The topological polar surface area (TPSA) is 118 Å². The van der Waals surface area contributed by atoms with Crippen LogP contribution in [0.15, 0.2) is 36.8 Å². The minimum absolute atomic E-state index is 0.133. The van der Waals surface area contributed by atoms with Gasteiger partial charge >= 0.3 is 11.7 Å². The number of nitro groups is 1. The van der Waals surface area contributed by atoms with E-state index in [0.29, 0.717) is 5.69 Å². The lowest BCUT2D eigenvalue weighted by molar-refractivity contribution is -0.384. The molecule has 1 aromatic carbocycles. The van der Waals surface area contributed by atoms with Gasteiger partial charge < -0.3 is 10.4 Å². The average Bonchev–Trinajstić information content (AvgIpc) is 2.45. The van der Waals surface area contributed by atoms with Crippen molar-refractivity contribution in [3.63, 3.8) is 0 Å². The Labute approximate surface area is 113 Å². The van der Waals surface area contributed by atoms with Gasteiger partial charge in [0, 0.05) is 6.20 Å². The van der Waals surface area contributed by atoms with Crippen molar-refractivity contribution < 1.29 is 14.8 Å². The third kappa shape index (κ3) is 2.86. The molecule has 8 nitrogen and oxygen atoms in total. The second-order valence-corrected chi connectivity index (χ2v) is 3.82. The third-order valence-electron chi connectivity index (χ3n) is 2.55. The Hall–Kier alpha value is -3.03. The summed E-state index contributed by atoms with van der Waals surface area (Å²) in [7, 11) is 0. The minimum atomic E-state index is -1.35. The molecule has 0 saturated carbocycles. The highest BCUT2D eigenvalue weighted by Gasteiger charge is 2.23. The lowest BCUT2D eigenvalue weighted by Gasteiger charge is -2.08. The minimum Gasteiger partial charge on any atom is -0.477 e.